The molecule has 0 unspecified atom stereocenters. The highest BCUT2D eigenvalue weighted by molar-refractivity contribution is 5.93. The number of hydrogen-bond acceptors (Lipinski definition) is 3. The SMILES string of the molecule is COc1ccc(C)cc1CCNC(=O)c1ccc(C(F)(F)F)nc1. The van der Waals surface area contributed by atoms with E-state index < -0.39 is 17.8 Å². The van der Waals surface area contributed by atoms with Crippen molar-refractivity contribution in [1.82, 2.24) is 10.3 Å². The molecule has 2 aromatic rings. The average molecular weight is 338 g/mol. The lowest BCUT2D eigenvalue weighted by molar-refractivity contribution is -0.141. The molecule has 0 aliphatic heterocycles. The highest BCUT2D eigenvalue weighted by atomic mass is 19.4. The molecule has 0 spiro atoms. The van der Waals surface area contributed by atoms with E-state index in [1.807, 2.05) is 25.1 Å². The summed E-state index contributed by atoms with van der Waals surface area (Å²) in [6.07, 6.45) is -3.05. The molecule has 1 heterocycles. The van der Waals surface area contributed by atoms with Crippen molar-refractivity contribution in [2.24, 2.45) is 0 Å². The van der Waals surface area contributed by atoms with E-state index >= 15 is 0 Å². The summed E-state index contributed by atoms with van der Waals surface area (Å²) in [5.74, 6) is 0.258. The smallest absolute Gasteiger partial charge is 0.433 e. The van der Waals surface area contributed by atoms with Crippen LogP contribution in [0.5, 0.6) is 5.75 Å². The Labute approximate surface area is 137 Å². The summed E-state index contributed by atoms with van der Waals surface area (Å²) >= 11 is 0. The Bertz CT molecular complexity index is 713. The Hall–Kier alpha value is -2.57. The minimum atomic E-state index is -4.52. The second-order valence-electron chi connectivity index (χ2n) is 5.25. The Morgan fingerprint density at radius 1 is 1.25 bits per heavy atom. The van der Waals surface area contributed by atoms with E-state index in [1.165, 1.54) is 0 Å². The van der Waals surface area contributed by atoms with Crippen molar-refractivity contribution >= 4 is 5.91 Å². The van der Waals surface area contributed by atoms with Gasteiger partial charge in [0.25, 0.3) is 5.91 Å². The quantitative estimate of drug-likeness (QED) is 0.909. The highest BCUT2D eigenvalue weighted by Crippen LogP contribution is 2.27. The van der Waals surface area contributed by atoms with Gasteiger partial charge in [0.15, 0.2) is 0 Å². The van der Waals surface area contributed by atoms with Crippen molar-refractivity contribution in [2.75, 3.05) is 13.7 Å². The molecule has 24 heavy (non-hydrogen) atoms. The molecule has 7 heteroatoms. The van der Waals surface area contributed by atoms with E-state index in [0.29, 0.717) is 13.0 Å². The summed E-state index contributed by atoms with van der Waals surface area (Å²) in [5, 5.41) is 2.66. The van der Waals surface area contributed by atoms with Crippen molar-refractivity contribution < 1.29 is 22.7 Å². The zero-order valence-corrected chi connectivity index (χ0v) is 13.3. The molecule has 0 radical (unpaired) electrons. The van der Waals surface area contributed by atoms with Gasteiger partial charge in [-0.05, 0) is 37.1 Å². The van der Waals surface area contributed by atoms with Crippen molar-refractivity contribution in [1.29, 1.82) is 0 Å². The van der Waals surface area contributed by atoms with Crippen LogP contribution < -0.4 is 10.1 Å². The third kappa shape index (κ3) is 4.47. The van der Waals surface area contributed by atoms with E-state index in [2.05, 4.69) is 10.3 Å². The van der Waals surface area contributed by atoms with Crippen LogP contribution in [0, 0.1) is 6.92 Å². The fraction of sp³-hybridized carbons (Fsp3) is 0.294. The van der Waals surface area contributed by atoms with E-state index in [-0.39, 0.29) is 5.56 Å². The van der Waals surface area contributed by atoms with Gasteiger partial charge in [0, 0.05) is 12.7 Å². The van der Waals surface area contributed by atoms with Gasteiger partial charge in [0.2, 0.25) is 0 Å². The molecule has 128 valence electrons. The van der Waals surface area contributed by atoms with Gasteiger partial charge in [-0.3, -0.25) is 9.78 Å². The van der Waals surface area contributed by atoms with Crippen LogP contribution in [0.1, 0.15) is 27.2 Å². The molecule has 0 atom stereocenters. The van der Waals surface area contributed by atoms with Crippen LogP contribution in [0.25, 0.3) is 0 Å². The van der Waals surface area contributed by atoms with Crippen LogP contribution in [0.2, 0.25) is 0 Å². The largest absolute Gasteiger partial charge is 0.496 e. The Morgan fingerprint density at radius 2 is 2.00 bits per heavy atom. The van der Waals surface area contributed by atoms with Crippen LogP contribution in [0.4, 0.5) is 13.2 Å². The van der Waals surface area contributed by atoms with E-state index in [4.69, 9.17) is 4.74 Å². The number of ether oxygens (including phenoxy) is 1. The fourth-order valence-corrected chi connectivity index (χ4v) is 2.21. The van der Waals surface area contributed by atoms with Gasteiger partial charge < -0.3 is 10.1 Å². The number of pyridine rings is 1. The highest BCUT2D eigenvalue weighted by Gasteiger charge is 2.32. The van der Waals surface area contributed by atoms with Crippen molar-refractivity contribution in [3.8, 4) is 5.75 Å². The summed E-state index contributed by atoms with van der Waals surface area (Å²) in [7, 11) is 1.57. The molecule has 0 fully saturated rings. The van der Waals surface area contributed by atoms with Crippen molar-refractivity contribution in [3.63, 3.8) is 0 Å². The molecule has 0 saturated heterocycles. The predicted octanol–water partition coefficient (Wildman–Crippen LogP) is 3.39. The zero-order chi connectivity index (χ0) is 17.7. The number of hydrogen-bond donors (Lipinski definition) is 1. The normalized spacial score (nSPS) is 11.2. The predicted molar refractivity (Wildman–Crippen MR) is 83.0 cm³/mol. The number of carbonyl (C=O) groups is 1. The molecule has 0 bridgehead atoms. The van der Waals surface area contributed by atoms with Gasteiger partial charge in [-0.15, -0.1) is 0 Å². The number of aryl methyl sites for hydroxylation is 1. The number of benzene rings is 1. The molecular formula is C17H17F3N2O2. The molecule has 1 amide bonds. The Kier molecular flexibility index (Phi) is 5.43. The molecule has 0 saturated carbocycles. The van der Waals surface area contributed by atoms with Gasteiger partial charge >= 0.3 is 6.18 Å². The van der Waals surface area contributed by atoms with Gasteiger partial charge in [-0.2, -0.15) is 13.2 Å². The summed E-state index contributed by atoms with van der Waals surface area (Å²) in [4.78, 5) is 15.2. The zero-order valence-electron chi connectivity index (χ0n) is 13.3. The second kappa shape index (κ2) is 7.33. The lowest BCUT2D eigenvalue weighted by atomic mass is 10.1. The van der Waals surface area contributed by atoms with Crippen LogP contribution in [-0.2, 0) is 12.6 Å². The van der Waals surface area contributed by atoms with Crippen LogP contribution >= 0.6 is 0 Å². The molecule has 0 aliphatic carbocycles. The first-order valence-corrected chi connectivity index (χ1v) is 7.26. The number of amides is 1. The Morgan fingerprint density at radius 3 is 2.58 bits per heavy atom. The van der Waals surface area contributed by atoms with E-state index in [9.17, 15) is 18.0 Å². The average Bonchev–Trinajstić information content (AvgIpc) is 2.54. The van der Waals surface area contributed by atoms with Crippen LogP contribution in [0.15, 0.2) is 36.5 Å². The third-order valence-corrected chi connectivity index (χ3v) is 3.43. The van der Waals surface area contributed by atoms with Gasteiger partial charge in [-0.1, -0.05) is 17.7 Å². The number of carbonyl (C=O) groups excluding carboxylic acids is 1. The van der Waals surface area contributed by atoms with E-state index in [1.54, 1.807) is 7.11 Å². The lowest BCUT2D eigenvalue weighted by Gasteiger charge is -2.11. The summed E-state index contributed by atoms with van der Waals surface area (Å²) in [5.41, 5.74) is 1.08. The number of aromatic nitrogens is 1. The summed E-state index contributed by atoms with van der Waals surface area (Å²) < 4.78 is 42.6. The topological polar surface area (TPSA) is 51.2 Å². The number of alkyl halides is 3. The first-order valence-electron chi connectivity index (χ1n) is 7.26. The number of rotatable bonds is 5. The number of methoxy groups -OCH3 is 1. The molecule has 1 aromatic carbocycles. The molecule has 1 aromatic heterocycles. The summed E-state index contributed by atoms with van der Waals surface area (Å²) in [6, 6.07) is 7.64. The minimum Gasteiger partial charge on any atom is -0.496 e. The first-order chi connectivity index (χ1) is 11.3. The molecular weight excluding hydrogens is 321 g/mol. The lowest BCUT2D eigenvalue weighted by Crippen LogP contribution is -2.26. The Balaban J connectivity index is 1.95. The number of halogens is 3. The summed E-state index contributed by atoms with van der Waals surface area (Å²) in [6.45, 7) is 2.29. The maximum absolute atomic E-state index is 12.4. The van der Waals surface area contributed by atoms with Gasteiger partial charge in [0.1, 0.15) is 11.4 Å². The van der Waals surface area contributed by atoms with Crippen LogP contribution in [-0.4, -0.2) is 24.5 Å². The van der Waals surface area contributed by atoms with Crippen molar-refractivity contribution in [2.45, 2.75) is 19.5 Å². The number of nitrogens with one attached hydrogen (secondary N) is 1. The second-order valence-corrected chi connectivity index (χ2v) is 5.25. The standard InChI is InChI=1S/C17H17F3N2O2/c1-11-3-5-14(24-2)12(9-11)7-8-21-16(23)13-4-6-15(22-10-13)17(18,19)20/h3-6,9-10H,7-8H2,1-2H3,(H,21,23). The molecule has 0 aliphatic rings. The molecule has 1 N–H and O–H groups in total. The maximum atomic E-state index is 12.4. The van der Waals surface area contributed by atoms with Crippen LogP contribution in [0.3, 0.4) is 0 Å². The van der Waals surface area contributed by atoms with Crippen molar-refractivity contribution in [3.05, 3.63) is 58.9 Å². The van der Waals surface area contributed by atoms with Gasteiger partial charge in [-0.25, -0.2) is 0 Å². The third-order valence-electron chi connectivity index (χ3n) is 3.43. The number of nitrogens with zero attached hydrogens (tertiary/aromatic N) is 1. The minimum absolute atomic E-state index is 0.0826. The molecule has 2 rings (SSSR count). The maximum Gasteiger partial charge on any atom is 0.433 e. The monoisotopic (exact) mass is 338 g/mol. The first kappa shape index (κ1) is 17.8. The molecule has 4 nitrogen and oxygen atoms in total. The fourth-order valence-electron chi connectivity index (χ4n) is 2.21. The van der Waals surface area contributed by atoms with Gasteiger partial charge in [0.05, 0.1) is 12.7 Å². The van der Waals surface area contributed by atoms with E-state index in [0.717, 1.165) is 35.2 Å².